The van der Waals surface area contributed by atoms with E-state index in [1.165, 1.54) is 32.0 Å². The van der Waals surface area contributed by atoms with Crippen LogP contribution < -0.4 is 10.1 Å². The first-order valence-corrected chi connectivity index (χ1v) is 7.88. The summed E-state index contributed by atoms with van der Waals surface area (Å²) in [7, 11) is 0. The number of hydrogen-bond acceptors (Lipinski definition) is 5. The number of nitro benzene ring substituents is 1. The summed E-state index contributed by atoms with van der Waals surface area (Å²) >= 11 is 0. The summed E-state index contributed by atoms with van der Waals surface area (Å²) in [6.45, 7) is 3.37. The van der Waals surface area contributed by atoms with Crippen molar-refractivity contribution in [2.24, 2.45) is 0 Å². The van der Waals surface area contributed by atoms with Crippen LogP contribution >= 0.6 is 0 Å². The van der Waals surface area contributed by atoms with Gasteiger partial charge in [-0.3, -0.25) is 14.9 Å². The van der Waals surface area contributed by atoms with E-state index in [0.717, 1.165) is 19.1 Å². The largest absolute Gasteiger partial charge is 0.487 e. The van der Waals surface area contributed by atoms with Crippen molar-refractivity contribution in [1.29, 1.82) is 0 Å². The molecule has 144 valence electrons. The Balaban J connectivity index is 2.09. The first-order valence-electron chi connectivity index (χ1n) is 7.88. The van der Waals surface area contributed by atoms with Crippen molar-refractivity contribution in [1.82, 2.24) is 0 Å². The first-order chi connectivity index (χ1) is 12.5. The average Bonchev–Trinajstić information content (AvgIpc) is 2.56. The number of aryl methyl sites for hydroxylation is 2. The van der Waals surface area contributed by atoms with Gasteiger partial charge in [0, 0.05) is 23.4 Å². The molecule has 9 heteroatoms. The zero-order valence-corrected chi connectivity index (χ0v) is 14.9. The normalized spacial score (nSPS) is 13.0. The number of carbonyl (C=O) groups excluding carboxylic acids is 1. The lowest BCUT2D eigenvalue weighted by Gasteiger charge is -2.23. The Hall–Kier alpha value is -3.07. The summed E-state index contributed by atoms with van der Waals surface area (Å²) in [6, 6.07) is 5.72. The third-order valence-corrected chi connectivity index (χ3v) is 3.84. The molecule has 1 amide bonds. The molecule has 27 heavy (non-hydrogen) atoms. The van der Waals surface area contributed by atoms with Crippen LogP contribution in [-0.4, -0.2) is 28.1 Å². The number of carbonyl (C=O) groups is 1. The quantitative estimate of drug-likeness (QED) is 0.592. The van der Waals surface area contributed by atoms with Crippen LogP contribution in [0.1, 0.15) is 18.1 Å². The molecule has 0 aliphatic rings. The van der Waals surface area contributed by atoms with E-state index in [-0.39, 0.29) is 16.9 Å². The smallest absolute Gasteiger partial charge is 0.272 e. The molecular weight excluding hydrogens is 362 g/mol. The molecule has 0 aliphatic heterocycles. The summed E-state index contributed by atoms with van der Waals surface area (Å²) in [6.07, 6.45) is 0. The van der Waals surface area contributed by atoms with Gasteiger partial charge >= 0.3 is 0 Å². The Labute approximate surface area is 153 Å². The van der Waals surface area contributed by atoms with Gasteiger partial charge < -0.3 is 15.2 Å². The molecular formula is C18H18F2N2O5. The fourth-order valence-electron chi connectivity index (χ4n) is 2.29. The number of nitrogens with zero attached hydrogens (tertiary/aromatic N) is 1. The highest BCUT2D eigenvalue weighted by atomic mass is 19.1. The fraction of sp³-hybridized carbons (Fsp3) is 0.278. The van der Waals surface area contributed by atoms with Crippen LogP contribution in [0.15, 0.2) is 30.3 Å². The molecule has 0 spiro atoms. The van der Waals surface area contributed by atoms with Crippen molar-refractivity contribution in [3.05, 3.63) is 63.2 Å². The second-order valence-corrected chi connectivity index (χ2v) is 6.31. The van der Waals surface area contributed by atoms with Gasteiger partial charge in [-0.15, -0.1) is 0 Å². The summed E-state index contributed by atoms with van der Waals surface area (Å²) in [5, 5.41) is 23.5. The van der Waals surface area contributed by atoms with Crippen LogP contribution in [0.4, 0.5) is 20.2 Å². The zero-order chi connectivity index (χ0) is 20.4. The Kier molecular flexibility index (Phi) is 5.75. The van der Waals surface area contributed by atoms with E-state index in [0.29, 0.717) is 5.56 Å². The van der Waals surface area contributed by atoms with Crippen molar-refractivity contribution in [3.63, 3.8) is 0 Å². The molecule has 2 rings (SSSR count). The van der Waals surface area contributed by atoms with E-state index in [2.05, 4.69) is 5.32 Å². The molecule has 7 nitrogen and oxygen atoms in total. The van der Waals surface area contributed by atoms with E-state index in [9.17, 15) is 28.8 Å². The number of nitrogens with one attached hydrogen (secondary N) is 1. The predicted molar refractivity (Wildman–Crippen MR) is 93.7 cm³/mol. The molecule has 0 bridgehead atoms. The van der Waals surface area contributed by atoms with Crippen LogP contribution in [0.3, 0.4) is 0 Å². The highest BCUT2D eigenvalue weighted by Gasteiger charge is 2.32. The topological polar surface area (TPSA) is 102 Å². The van der Waals surface area contributed by atoms with Crippen molar-refractivity contribution < 1.29 is 28.3 Å². The maximum absolute atomic E-state index is 13.9. The summed E-state index contributed by atoms with van der Waals surface area (Å²) in [5.41, 5.74) is -1.60. The molecule has 0 heterocycles. The van der Waals surface area contributed by atoms with E-state index >= 15 is 0 Å². The standard InChI is InChI=1S/C18H18F2N2O5/c1-10-7-13(4-5-14(10)22(25)26)21-17(23)18(3,24)9-27-15-8-12(19)6-11(2)16(15)20/h4-8,24H,9H2,1-3H3,(H,21,23)/t18-/m0/s1. The molecule has 2 aromatic rings. The van der Waals surface area contributed by atoms with Crippen molar-refractivity contribution in [3.8, 4) is 5.75 Å². The Morgan fingerprint density at radius 1 is 1.26 bits per heavy atom. The lowest BCUT2D eigenvalue weighted by molar-refractivity contribution is -0.385. The molecule has 0 aliphatic carbocycles. The van der Waals surface area contributed by atoms with E-state index in [1.54, 1.807) is 0 Å². The number of hydrogen-bond donors (Lipinski definition) is 2. The van der Waals surface area contributed by atoms with Crippen molar-refractivity contribution in [2.45, 2.75) is 26.4 Å². The molecule has 0 saturated carbocycles. The molecule has 0 aromatic heterocycles. The summed E-state index contributed by atoms with van der Waals surface area (Å²) < 4.78 is 32.4. The van der Waals surface area contributed by atoms with Gasteiger partial charge in [-0.05, 0) is 44.5 Å². The maximum atomic E-state index is 13.9. The lowest BCUT2D eigenvalue weighted by Crippen LogP contribution is -2.45. The minimum Gasteiger partial charge on any atom is -0.487 e. The number of aliphatic hydroxyl groups is 1. The second-order valence-electron chi connectivity index (χ2n) is 6.31. The van der Waals surface area contributed by atoms with Crippen LogP contribution in [-0.2, 0) is 4.79 Å². The number of benzene rings is 2. The minimum absolute atomic E-state index is 0.0236. The molecule has 0 fully saturated rings. The van der Waals surface area contributed by atoms with Crippen LogP contribution in [0.25, 0.3) is 0 Å². The Morgan fingerprint density at radius 3 is 2.52 bits per heavy atom. The third kappa shape index (κ3) is 4.76. The van der Waals surface area contributed by atoms with Crippen molar-refractivity contribution in [2.75, 3.05) is 11.9 Å². The maximum Gasteiger partial charge on any atom is 0.272 e. The van der Waals surface area contributed by atoms with Crippen LogP contribution in [0, 0.1) is 35.6 Å². The number of ether oxygens (including phenoxy) is 1. The van der Waals surface area contributed by atoms with E-state index in [1.807, 2.05) is 0 Å². The molecule has 0 unspecified atom stereocenters. The molecule has 2 aromatic carbocycles. The van der Waals surface area contributed by atoms with Gasteiger partial charge in [-0.1, -0.05) is 0 Å². The van der Waals surface area contributed by atoms with Gasteiger partial charge in [-0.2, -0.15) is 0 Å². The summed E-state index contributed by atoms with van der Waals surface area (Å²) in [4.78, 5) is 22.5. The number of rotatable bonds is 6. The zero-order valence-electron chi connectivity index (χ0n) is 14.9. The fourth-order valence-corrected chi connectivity index (χ4v) is 2.29. The highest BCUT2D eigenvalue weighted by molar-refractivity contribution is 5.97. The van der Waals surface area contributed by atoms with E-state index < -0.39 is 40.4 Å². The molecule has 0 saturated heterocycles. The number of nitro groups is 1. The minimum atomic E-state index is -2.07. The Morgan fingerprint density at radius 2 is 1.93 bits per heavy atom. The molecule has 0 radical (unpaired) electrons. The predicted octanol–water partition coefficient (Wildman–Crippen LogP) is 3.26. The lowest BCUT2D eigenvalue weighted by atomic mass is 10.1. The highest BCUT2D eigenvalue weighted by Crippen LogP contribution is 2.24. The van der Waals surface area contributed by atoms with Crippen LogP contribution in [0.2, 0.25) is 0 Å². The number of halogens is 2. The van der Waals surface area contributed by atoms with Gasteiger partial charge in [0.05, 0.1) is 4.92 Å². The first kappa shape index (κ1) is 20.2. The third-order valence-electron chi connectivity index (χ3n) is 3.84. The number of amides is 1. The van der Waals surface area contributed by atoms with Crippen molar-refractivity contribution >= 4 is 17.3 Å². The van der Waals surface area contributed by atoms with Gasteiger partial charge in [0.25, 0.3) is 11.6 Å². The second kappa shape index (κ2) is 7.67. The van der Waals surface area contributed by atoms with Gasteiger partial charge in [0.2, 0.25) is 0 Å². The number of anilines is 1. The SMILES string of the molecule is Cc1cc(NC(=O)[C@@](C)(O)COc2cc(F)cc(C)c2F)ccc1[N+](=O)[O-]. The summed E-state index contributed by atoms with van der Waals surface area (Å²) in [5.74, 6) is -2.80. The average molecular weight is 380 g/mol. The Bertz CT molecular complexity index is 900. The molecule has 2 N–H and O–H groups in total. The monoisotopic (exact) mass is 380 g/mol. The van der Waals surface area contributed by atoms with Gasteiger partial charge in [-0.25, -0.2) is 8.78 Å². The van der Waals surface area contributed by atoms with Crippen LogP contribution in [0.5, 0.6) is 5.75 Å². The van der Waals surface area contributed by atoms with Gasteiger partial charge in [0.1, 0.15) is 12.4 Å². The molecule has 1 atom stereocenters. The van der Waals surface area contributed by atoms with E-state index in [4.69, 9.17) is 4.74 Å². The van der Waals surface area contributed by atoms with Gasteiger partial charge in [0.15, 0.2) is 17.2 Å².